The molecule has 0 unspecified atom stereocenters. The van der Waals surface area contributed by atoms with Crippen LogP contribution in [0.25, 0.3) is 0 Å². The summed E-state index contributed by atoms with van der Waals surface area (Å²) < 4.78 is 0. The van der Waals surface area contributed by atoms with Crippen LogP contribution < -0.4 is 10.2 Å². The van der Waals surface area contributed by atoms with Gasteiger partial charge >= 0.3 is 0 Å². The average Bonchev–Trinajstić information content (AvgIpc) is 3.13. The van der Waals surface area contributed by atoms with Crippen LogP contribution in [0.4, 0.5) is 11.4 Å². The molecule has 2 amide bonds. The average molecular weight is 298 g/mol. The molecular weight excluding hydrogens is 276 g/mol. The van der Waals surface area contributed by atoms with Crippen molar-refractivity contribution in [2.45, 2.75) is 51.4 Å². The topological polar surface area (TPSA) is 49.4 Å². The number of nitrogens with zero attached hydrogens (tertiary/aromatic N) is 1. The molecule has 0 aromatic heterocycles. The van der Waals surface area contributed by atoms with Crippen molar-refractivity contribution in [2.75, 3.05) is 16.8 Å². The van der Waals surface area contributed by atoms with Crippen LogP contribution in [0.5, 0.6) is 0 Å². The van der Waals surface area contributed by atoms with Crippen molar-refractivity contribution in [3.63, 3.8) is 0 Å². The van der Waals surface area contributed by atoms with Gasteiger partial charge in [0, 0.05) is 18.2 Å². The van der Waals surface area contributed by atoms with Crippen molar-refractivity contribution in [3.8, 4) is 0 Å². The molecule has 2 aliphatic heterocycles. The minimum absolute atomic E-state index is 0.0878. The van der Waals surface area contributed by atoms with E-state index < -0.39 is 0 Å². The van der Waals surface area contributed by atoms with E-state index in [1.807, 2.05) is 17.9 Å². The Morgan fingerprint density at radius 3 is 2.77 bits per heavy atom. The number of hydrogen-bond acceptors (Lipinski definition) is 2. The SMILES string of the molecule is C[C@@H]1C(=O)N2CCCc3cc(NC(=O)C4CCCC4)cc1c32. The van der Waals surface area contributed by atoms with Crippen molar-refractivity contribution >= 4 is 23.2 Å². The number of aryl methyl sites for hydroxylation is 1. The van der Waals surface area contributed by atoms with Crippen molar-refractivity contribution in [1.29, 1.82) is 0 Å². The Labute approximate surface area is 130 Å². The zero-order valence-corrected chi connectivity index (χ0v) is 13.0. The number of carbonyl (C=O) groups excluding carboxylic acids is 2. The Hall–Kier alpha value is -1.84. The first kappa shape index (κ1) is 13.8. The normalized spacial score (nSPS) is 23.8. The first-order valence-electron chi connectivity index (χ1n) is 8.44. The fraction of sp³-hybridized carbons (Fsp3) is 0.556. The second-order valence-electron chi connectivity index (χ2n) is 6.86. The van der Waals surface area contributed by atoms with Gasteiger partial charge in [-0.05, 0) is 55.9 Å². The van der Waals surface area contributed by atoms with Crippen LogP contribution in [0.2, 0.25) is 0 Å². The second-order valence-corrected chi connectivity index (χ2v) is 6.86. The first-order chi connectivity index (χ1) is 10.6. The first-order valence-corrected chi connectivity index (χ1v) is 8.44. The molecule has 2 heterocycles. The number of benzene rings is 1. The molecule has 1 atom stereocenters. The molecule has 0 radical (unpaired) electrons. The molecular formula is C18H22N2O2. The molecule has 1 fully saturated rings. The van der Waals surface area contributed by atoms with Crippen molar-refractivity contribution < 1.29 is 9.59 Å². The lowest BCUT2D eigenvalue weighted by atomic mass is 9.95. The molecule has 22 heavy (non-hydrogen) atoms. The number of rotatable bonds is 2. The van der Waals surface area contributed by atoms with Crippen LogP contribution in [-0.2, 0) is 16.0 Å². The Balaban J connectivity index is 1.66. The maximum absolute atomic E-state index is 12.4. The van der Waals surface area contributed by atoms with E-state index in [-0.39, 0.29) is 23.7 Å². The second kappa shape index (κ2) is 5.11. The molecule has 4 nitrogen and oxygen atoms in total. The third-order valence-electron chi connectivity index (χ3n) is 5.41. The van der Waals surface area contributed by atoms with Crippen molar-refractivity contribution in [3.05, 3.63) is 23.3 Å². The van der Waals surface area contributed by atoms with Gasteiger partial charge < -0.3 is 10.2 Å². The number of hydrogen-bond donors (Lipinski definition) is 1. The third-order valence-corrected chi connectivity index (χ3v) is 5.41. The van der Waals surface area contributed by atoms with E-state index in [9.17, 15) is 9.59 Å². The summed E-state index contributed by atoms with van der Waals surface area (Å²) in [7, 11) is 0. The molecule has 4 rings (SSSR count). The van der Waals surface area contributed by atoms with Gasteiger partial charge in [-0.3, -0.25) is 9.59 Å². The van der Waals surface area contributed by atoms with Gasteiger partial charge in [0.1, 0.15) is 0 Å². The summed E-state index contributed by atoms with van der Waals surface area (Å²) in [5, 5.41) is 3.09. The van der Waals surface area contributed by atoms with E-state index in [4.69, 9.17) is 0 Å². The van der Waals surface area contributed by atoms with Crippen LogP contribution in [0, 0.1) is 5.92 Å². The van der Waals surface area contributed by atoms with Gasteiger partial charge in [-0.15, -0.1) is 0 Å². The summed E-state index contributed by atoms with van der Waals surface area (Å²) in [5.41, 5.74) is 4.28. The van der Waals surface area contributed by atoms with E-state index in [1.54, 1.807) is 0 Å². The molecule has 0 saturated heterocycles. The van der Waals surface area contributed by atoms with Crippen LogP contribution in [0.15, 0.2) is 12.1 Å². The van der Waals surface area contributed by atoms with Gasteiger partial charge in [0.25, 0.3) is 0 Å². The van der Waals surface area contributed by atoms with Gasteiger partial charge in [-0.2, -0.15) is 0 Å². The summed E-state index contributed by atoms with van der Waals surface area (Å²) in [6.07, 6.45) is 6.33. The van der Waals surface area contributed by atoms with Crippen molar-refractivity contribution in [2.24, 2.45) is 5.92 Å². The molecule has 1 aromatic rings. The molecule has 0 bridgehead atoms. The van der Waals surface area contributed by atoms with Gasteiger partial charge in [0.05, 0.1) is 11.6 Å². The third kappa shape index (κ3) is 2.04. The lowest BCUT2D eigenvalue weighted by molar-refractivity contribution is -0.120. The highest BCUT2D eigenvalue weighted by atomic mass is 16.2. The van der Waals surface area contributed by atoms with Crippen LogP contribution in [0.3, 0.4) is 0 Å². The van der Waals surface area contributed by atoms with Crippen LogP contribution in [-0.4, -0.2) is 18.4 Å². The minimum Gasteiger partial charge on any atom is -0.326 e. The summed E-state index contributed by atoms with van der Waals surface area (Å²) in [5.74, 6) is 0.430. The zero-order chi connectivity index (χ0) is 15.3. The summed E-state index contributed by atoms with van der Waals surface area (Å²) in [6, 6.07) is 4.09. The predicted octanol–water partition coefficient (Wildman–Crippen LogP) is 3.21. The lowest BCUT2D eigenvalue weighted by Gasteiger charge is -2.26. The van der Waals surface area contributed by atoms with E-state index in [1.165, 1.54) is 5.56 Å². The molecule has 4 heteroatoms. The standard InChI is InChI=1S/C18H22N2O2/c1-11-15-10-14(19-17(21)12-5-2-3-6-12)9-13-7-4-8-20(16(13)15)18(11)22/h9-12H,2-8H2,1H3,(H,19,21)/t11-/m0/s1. The quantitative estimate of drug-likeness (QED) is 0.911. The molecule has 1 saturated carbocycles. The number of anilines is 2. The minimum atomic E-state index is -0.0878. The Morgan fingerprint density at radius 2 is 2.00 bits per heavy atom. The van der Waals surface area contributed by atoms with Crippen LogP contribution in [0.1, 0.15) is 56.1 Å². The molecule has 1 N–H and O–H groups in total. The fourth-order valence-corrected chi connectivity index (χ4v) is 4.20. The molecule has 1 aromatic carbocycles. The highest BCUT2D eigenvalue weighted by molar-refractivity contribution is 6.07. The smallest absolute Gasteiger partial charge is 0.234 e. The Kier molecular flexibility index (Phi) is 3.21. The molecule has 1 aliphatic carbocycles. The van der Waals surface area contributed by atoms with Crippen molar-refractivity contribution in [1.82, 2.24) is 0 Å². The monoisotopic (exact) mass is 298 g/mol. The fourth-order valence-electron chi connectivity index (χ4n) is 4.20. The zero-order valence-electron chi connectivity index (χ0n) is 13.0. The number of amides is 2. The molecule has 3 aliphatic rings. The highest BCUT2D eigenvalue weighted by Crippen LogP contribution is 2.44. The van der Waals surface area contributed by atoms with Gasteiger partial charge in [-0.1, -0.05) is 12.8 Å². The summed E-state index contributed by atoms with van der Waals surface area (Å²) in [6.45, 7) is 2.80. The van der Waals surface area contributed by atoms with Gasteiger partial charge in [0.2, 0.25) is 11.8 Å². The predicted molar refractivity (Wildman–Crippen MR) is 86.1 cm³/mol. The summed E-state index contributed by atoms with van der Waals surface area (Å²) >= 11 is 0. The maximum atomic E-state index is 12.4. The number of nitrogens with one attached hydrogen (secondary N) is 1. The Morgan fingerprint density at radius 1 is 1.23 bits per heavy atom. The van der Waals surface area contributed by atoms with Gasteiger partial charge in [0.15, 0.2) is 0 Å². The Bertz CT molecular complexity index is 647. The van der Waals surface area contributed by atoms with Crippen LogP contribution >= 0.6 is 0 Å². The molecule has 0 spiro atoms. The maximum Gasteiger partial charge on any atom is 0.234 e. The largest absolute Gasteiger partial charge is 0.326 e. The van der Waals surface area contributed by atoms with E-state index >= 15 is 0 Å². The van der Waals surface area contributed by atoms with E-state index in [2.05, 4.69) is 11.4 Å². The van der Waals surface area contributed by atoms with E-state index in [0.717, 1.165) is 62.0 Å². The molecule has 116 valence electrons. The van der Waals surface area contributed by atoms with Gasteiger partial charge in [-0.25, -0.2) is 0 Å². The highest BCUT2D eigenvalue weighted by Gasteiger charge is 2.38. The number of carbonyl (C=O) groups is 2. The van der Waals surface area contributed by atoms with E-state index in [0.29, 0.717) is 0 Å². The lowest BCUT2D eigenvalue weighted by Crippen LogP contribution is -2.32. The summed E-state index contributed by atoms with van der Waals surface area (Å²) in [4.78, 5) is 26.6.